The quantitative estimate of drug-likeness (QED) is 0.457. The summed E-state index contributed by atoms with van der Waals surface area (Å²) in [5, 5.41) is 33.9. The number of benzene rings is 1. The van der Waals surface area contributed by atoms with Crippen molar-refractivity contribution in [1.82, 2.24) is 10.6 Å². The van der Waals surface area contributed by atoms with Crippen LogP contribution in [0.2, 0.25) is 0 Å². The van der Waals surface area contributed by atoms with E-state index in [1.807, 2.05) is 0 Å². The third kappa shape index (κ3) is 3.98. The molecule has 21 heavy (non-hydrogen) atoms. The molecular weight excluding hydrogens is 279 g/mol. The predicted octanol–water partition coefficient (Wildman–Crippen LogP) is -1.46. The molecule has 0 bridgehead atoms. The minimum atomic E-state index is -1.06. The Morgan fingerprint density at radius 3 is 2.38 bits per heavy atom. The number of nitrogens with one attached hydrogen (secondary N) is 2. The highest BCUT2D eigenvalue weighted by atomic mass is 19.1. The fourth-order valence-corrected chi connectivity index (χ4v) is 2.36. The van der Waals surface area contributed by atoms with Crippen LogP contribution in [0.3, 0.4) is 0 Å². The van der Waals surface area contributed by atoms with Gasteiger partial charge in [-0.2, -0.15) is 0 Å². The standard InChI is InChI=1S/C14H19FN2O4/c15-9-3-1-8(2-4-9)5-12(19)16-6-10-13(20)14(21)11(7-18)17-10/h1-4,10-11,13-14,17-18,20-21H,5-7H2,(H,16,19)/t10-,11+,13+,14-/m0/s1. The van der Waals surface area contributed by atoms with Crippen LogP contribution in [-0.4, -0.2) is 58.7 Å². The minimum Gasteiger partial charge on any atom is -0.395 e. The third-order valence-corrected chi connectivity index (χ3v) is 3.60. The fourth-order valence-electron chi connectivity index (χ4n) is 2.36. The molecule has 1 aliphatic heterocycles. The lowest BCUT2D eigenvalue weighted by atomic mass is 10.1. The lowest BCUT2D eigenvalue weighted by molar-refractivity contribution is -0.120. The molecule has 0 spiro atoms. The SMILES string of the molecule is O=C(Cc1ccc(F)cc1)NC[C@@H]1N[C@H](CO)[C@H](O)[C@@H]1O. The van der Waals surface area contributed by atoms with Crippen molar-refractivity contribution in [3.63, 3.8) is 0 Å². The summed E-state index contributed by atoms with van der Waals surface area (Å²) in [4.78, 5) is 11.8. The Labute approximate surface area is 121 Å². The van der Waals surface area contributed by atoms with Gasteiger partial charge in [0.05, 0.1) is 37.3 Å². The van der Waals surface area contributed by atoms with E-state index in [-0.39, 0.29) is 31.3 Å². The molecule has 1 fully saturated rings. The number of aliphatic hydroxyl groups excluding tert-OH is 3. The lowest BCUT2D eigenvalue weighted by Gasteiger charge is -2.16. The highest BCUT2D eigenvalue weighted by Crippen LogP contribution is 2.13. The lowest BCUT2D eigenvalue weighted by Crippen LogP contribution is -2.44. The Morgan fingerprint density at radius 2 is 1.81 bits per heavy atom. The van der Waals surface area contributed by atoms with E-state index in [1.54, 1.807) is 0 Å². The van der Waals surface area contributed by atoms with Crippen molar-refractivity contribution in [2.24, 2.45) is 0 Å². The van der Waals surface area contributed by atoms with Gasteiger partial charge in [-0.25, -0.2) is 4.39 Å². The van der Waals surface area contributed by atoms with Crippen molar-refractivity contribution < 1.29 is 24.5 Å². The van der Waals surface area contributed by atoms with Crippen molar-refractivity contribution in [1.29, 1.82) is 0 Å². The maximum Gasteiger partial charge on any atom is 0.224 e. The van der Waals surface area contributed by atoms with Crippen molar-refractivity contribution in [3.05, 3.63) is 35.6 Å². The normalized spacial score (nSPS) is 28.6. The largest absolute Gasteiger partial charge is 0.395 e. The molecular formula is C14H19FN2O4. The van der Waals surface area contributed by atoms with Crippen LogP contribution in [0.25, 0.3) is 0 Å². The summed E-state index contributed by atoms with van der Waals surface area (Å²) < 4.78 is 12.7. The number of hydrogen-bond donors (Lipinski definition) is 5. The van der Waals surface area contributed by atoms with E-state index in [4.69, 9.17) is 5.11 Å². The fraction of sp³-hybridized carbons (Fsp3) is 0.500. The smallest absolute Gasteiger partial charge is 0.224 e. The van der Waals surface area contributed by atoms with Gasteiger partial charge < -0.3 is 26.0 Å². The van der Waals surface area contributed by atoms with E-state index in [0.717, 1.165) is 0 Å². The molecule has 1 aromatic carbocycles. The zero-order chi connectivity index (χ0) is 15.4. The average Bonchev–Trinajstić information content (AvgIpc) is 2.75. The van der Waals surface area contributed by atoms with Gasteiger partial charge in [-0.3, -0.25) is 4.79 Å². The second kappa shape index (κ2) is 6.95. The molecule has 0 saturated carbocycles. The molecule has 7 heteroatoms. The number of amides is 1. The van der Waals surface area contributed by atoms with Crippen LogP contribution in [-0.2, 0) is 11.2 Å². The molecule has 0 aliphatic carbocycles. The van der Waals surface area contributed by atoms with Crippen LogP contribution in [0.4, 0.5) is 4.39 Å². The second-order valence-corrected chi connectivity index (χ2v) is 5.15. The first-order valence-electron chi connectivity index (χ1n) is 6.75. The maximum atomic E-state index is 12.7. The van der Waals surface area contributed by atoms with Gasteiger partial charge in [0.2, 0.25) is 5.91 Å². The first-order chi connectivity index (χ1) is 10.0. The molecule has 2 rings (SSSR count). The number of hydrogen-bond acceptors (Lipinski definition) is 5. The van der Waals surface area contributed by atoms with Gasteiger partial charge in [0, 0.05) is 6.54 Å². The Bertz CT molecular complexity index is 482. The zero-order valence-corrected chi connectivity index (χ0v) is 11.4. The first-order valence-corrected chi connectivity index (χ1v) is 6.75. The third-order valence-electron chi connectivity index (χ3n) is 3.60. The summed E-state index contributed by atoms with van der Waals surface area (Å²) >= 11 is 0. The molecule has 1 saturated heterocycles. The predicted molar refractivity (Wildman–Crippen MR) is 72.9 cm³/mol. The zero-order valence-electron chi connectivity index (χ0n) is 11.4. The number of halogens is 1. The summed E-state index contributed by atoms with van der Waals surface area (Å²) in [6, 6.07) is 4.51. The average molecular weight is 298 g/mol. The topological polar surface area (TPSA) is 102 Å². The molecule has 0 unspecified atom stereocenters. The van der Waals surface area contributed by atoms with Crippen molar-refractivity contribution in [3.8, 4) is 0 Å². The molecule has 1 aliphatic rings. The van der Waals surface area contributed by atoms with E-state index in [0.29, 0.717) is 5.56 Å². The summed E-state index contributed by atoms with van der Waals surface area (Å²) in [7, 11) is 0. The molecule has 0 radical (unpaired) electrons. The van der Waals surface area contributed by atoms with Gasteiger partial charge in [0.1, 0.15) is 5.82 Å². The summed E-state index contributed by atoms with van der Waals surface area (Å²) in [5.41, 5.74) is 0.682. The van der Waals surface area contributed by atoms with Gasteiger partial charge in [-0.05, 0) is 17.7 Å². The van der Waals surface area contributed by atoms with E-state index >= 15 is 0 Å². The summed E-state index contributed by atoms with van der Waals surface area (Å²) in [6.07, 6.45) is -2.00. The van der Waals surface area contributed by atoms with Gasteiger partial charge in [-0.1, -0.05) is 12.1 Å². The van der Waals surface area contributed by atoms with Crippen LogP contribution in [0, 0.1) is 5.82 Å². The van der Waals surface area contributed by atoms with Gasteiger partial charge in [0.15, 0.2) is 0 Å². The van der Waals surface area contributed by atoms with Gasteiger partial charge >= 0.3 is 0 Å². The van der Waals surface area contributed by atoms with Crippen molar-refractivity contribution >= 4 is 5.91 Å². The summed E-state index contributed by atoms with van der Waals surface area (Å²) in [5.74, 6) is -0.626. The molecule has 1 amide bonds. The second-order valence-electron chi connectivity index (χ2n) is 5.15. The molecule has 116 valence electrons. The number of rotatable bonds is 5. The Hall–Kier alpha value is -1.54. The Morgan fingerprint density at radius 1 is 1.19 bits per heavy atom. The molecule has 0 aromatic heterocycles. The molecule has 1 aromatic rings. The van der Waals surface area contributed by atoms with Crippen molar-refractivity contribution in [2.75, 3.05) is 13.2 Å². The Kier molecular flexibility index (Phi) is 5.24. The monoisotopic (exact) mass is 298 g/mol. The minimum absolute atomic E-state index is 0.106. The van der Waals surface area contributed by atoms with Crippen LogP contribution >= 0.6 is 0 Å². The number of aliphatic hydroxyl groups is 3. The maximum absolute atomic E-state index is 12.7. The summed E-state index contributed by atoms with van der Waals surface area (Å²) in [6.45, 7) is -0.160. The molecule has 4 atom stereocenters. The van der Waals surface area contributed by atoms with Crippen LogP contribution in [0.5, 0.6) is 0 Å². The van der Waals surface area contributed by atoms with Crippen molar-refractivity contribution in [2.45, 2.75) is 30.7 Å². The van der Waals surface area contributed by atoms with E-state index in [9.17, 15) is 19.4 Å². The van der Waals surface area contributed by atoms with Crippen LogP contribution in [0.15, 0.2) is 24.3 Å². The molecule has 1 heterocycles. The number of carbonyl (C=O) groups is 1. The highest BCUT2D eigenvalue weighted by molar-refractivity contribution is 5.78. The first kappa shape index (κ1) is 15.8. The van der Waals surface area contributed by atoms with Gasteiger partial charge in [0.25, 0.3) is 0 Å². The number of carbonyl (C=O) groups excluding carboxylic acids is 1. The van der Waals surface area contributed by atoms with E-state index < -0.39 is 24.3 Å². The molecule has 5 N–H and O–H groups in total. The van der Waals surface area contributed by atoms with E-state index in [2.05, 4.69) is 10.6 Å². The highest BCUT2D eigenvalue weighted by Gasteiger charge is 2.40. The van der Waals surface area contributed by atoms with E-state index in [1.165, 1.54) is 24.3 Å². The Balaban J connectivity index is 1.80. The van der Waals surface area contributed by atoms with Gasteiger partial charge in [-0.15, -0.1) is 0 Å². The van der Waals surface area contributed by atoms with Crippen LogP contribution < -0.4 is 10.6 Å². The van der Waals surface area contributed by atoms with Crippen LogP contribution in [0.1, 0.15) is 5.56 Å². The molecule has 6 nitrogen and oxygen atoms in total.